The summed E-state index contributed by atoms with van der Waals surface area (Å²) < 4.78 is 0. The minimum atomic E-state index is -1.55. The summed E-state index contributed by atoms with van der Waals surface area (Å²) in [5, 5.41) is 35.4. The van der Waals surface area contributed by atoms with Crippen molar-refractivity contribution in [2.45, 2.75) is 62.9 Å². The fraction of sp³-hybridized carbons (Fsp3) is 0.522. The van der Waals surface area contributed by atoms with Crippen molar-refractivity contribution in [3.8, 4) is 0 Å². The molecule has 0 bridgehead atoms. The summed E-state index contributed by atoms with van der Waals surface area (Å²) in [7, 11) is 0. The van der Waals surface area contributed by atoms with Crippen LogP contribution in [-0.4, -0.2) is 87.3 Å². The number of aliphatic carboxylic acids is 2. The van der Waals surface area contributed by atoms with Crippen LogP contribution in [0.15, 0.2) is 30.3 Å². The summed E-state index contributed by atoms with van der Waals surface area (Å²) in [5.41, 5.74) is 6.74. The van der Waals surface area contributed by atoms with E-state index in [1.807, 2.05) is 0 Å². The molecular weight excluding hydrogens is 492 g/mol. The quantitative estimate of drug-likeness (QED) is 0.141. The van der Waals surface area contributed by atoms with Gasteiger partial charge >= 0.3 is 11.9 Å². The zero-order valence-corrected chi connectivity index (χ0v) is 21.0. The number of nitrogens with two attached hydrogens (primary N) is 1. The average Bonchev–Trinajstić information content (AvgIpc) is 2.82. The third-order valence-electron chi connectivity index (χ3n) is 5.20. The van der Waals surface area contributed by atoms with E-state index < -0.39 is 66.4 Å². The molecule has 3 amide bonds. The maximum Gasteiger partial charge on any atom is 0.326 e. The first-order valence-electron chi connectivity index (χ1n) is 11.3. The van der Waals surface area contributed by atoms with Gasteiger partial charge in [-0.25, -0.2) is 4.79 Å². The maximum atomic E-state index is 12.9. The maximum absolute atomic E-state index is 12.9. The van der Waals surface area contributed by atoms with Gasteiger partial charge in [-0.05, 0) is 43.8 Å². The minimum absolute atomic E-state index is 0.124. The Bertz CT molecular complexity index is 899. The second-order valence-electron chi connectivity index (χ2n) is 8.20. The first-order chi connectivity index (χ1) is 17.0. The lowest BCUT2D eigenvalue weighted by atomic mass is 10.0. The van der Waals surface area contributed by atoms with E-state index in [1.54, 1.807) is 36.6 Å². The number of thioether (sulfide) groups is 1. The van der Waals surface area contributed by atoms with Gasteiger partial charge in [-0.1, -0.05) is 30.3 Å². The Labute approximate surface area is 213 Å². The fourth-order valence-electron chi connectivity index (χ4n) is 3.19. The van der Waals surface area contributed by atoms with Gasteiger partial charge in [0, 0.05) is 6.42 Å². The molecule has 0 aromatic heterocycles. The summed E-state index contributed by atoms with van der Waals surface area (Å²) in [6.07, 6.45) is -0.111. The Kier molecular flexibility index (Phi) is 13.5. The monoisotopic (exact) mass is 526 g/mol. The van der Waals surface area contributed by atoms with Crippen molar-refractivity contribution in [2.75, 3.05) is 12.0 Å². The molecule has 0 aliphatic rings. The van der Waals surface area contributed by atoms with Gasteiger partial charge in [-0.2, -0.15) is 11.8 Å². The Balaban J connectivity index is 2.94. The summed E-state index contributed by atoms with van der Waals surface area (Å²) in [4.78, 5) is 60.7. The van der Waals surface area contributed by atoms with E-state index in [9.17, 15) is 34.2 Å². The van der Waals surface area contributed by atoms with Gasteiger partial charge in [0.15, 0.2) is 0 Å². The molecule has 0 radical (unpaired) electrons. The van der Waals surface area contributed by atoms with Crippen LogP contribution in [0.25, 0.3) is 0 Å². The smallest absolute Gasteiger partial charge is 0.326 e. The molecule has 1 aromatic carbocycles. The predicted octanol–water partition coefficient (Wildman–Crippen LogP) is -0.906. The Morgan fingerprint density at radius 1 is 0.917 bits per heavy atom. The van der Waals surface area contributed by atoms with Crippen molar-refractivity contribution in [1.29, 1.82) is 0 Å². The second kappa shape index (κ2) is 15.8. The zero-order valence-electron chi connectivity index (χ0n) is 20.2. The molecule has 0 heterocycles. The van der Waals surface area contributed by atoms with Crippen molar-refractivity contribution < 1.29 is 39.3 Å². The first kappa shape index (κ1) is 30.9. The highest BCUT2D eigenvalue weighted by atomic mass is 32.2. The van der Waals surface area contributed by atoms with Crippen molar-refractivity contribution in [1.82, 2.24) is 16.0 Å². The number of amides is 3. The number of aliphatic hydroxyl groups excluding tert-OH is 1. The molecular formula is C23H34N4O8S. The van der Waals surface area contributed by atoms with E-state index in [1.165, 1.54) is 18.7 Å². The third-order valence-corrected chi connectivity index (χ3v) is 5.85. The normalized spacial score (nSPS) is 15.0. The van der Waals surface area contributed by atoms with Crippen LogP contribution in [-0.2, 0) is 30.4 Å². The van der Waals surface area contributed by atoms with Gasteiger partial charge in [-0.3, -0.25) is 19.2 Å². The lowest BCUT2D eigenvalue weighted by Crippen LogP contribution is -2.60. The van der Waals surface area contributed by atoms with Gasteiger partial charge < -0.3 is 37.0 Å². The van der Waals surface area contributed by atoms with Crippen LogP contribution in [0.1, 0.15) is 31.7 Å². The van der Waals surface area contributed by atoms with Crippen molar-refractivity contribution in [3.63, 3.8) is 0 Å². The van der Waals surface area contributed by atoms with E-state index in [2.05, 4.69) is 16.0 Å². The van der Waals surface area contributed by atoms with E-state index in [4.69, 9.17) is 10.8 Å². The number of benzene rings is 1. The summed E-state index contributed by atoms with van der Waals surface area (Å²) >= 11 is 1.39. The van der Waals surface area contributed by atoms with Crippen LogP contribution in [0.2, 0.25) is 0 Å². The molecule has 5 atom stereocenters. The third kappa shape index (κ3) is 11.1. The summed E-state index contributed by atoms with van der Waals surface area (Å²) in [6, 6.07) is 3.73. The number of carboxylic acids is 2. The number of carbonyl (C=O) groups is 5. The van der Waals surface area contributed by atoms with Crippen molar-refractivity contribution in [3.05, 3.63) is 35.9 Å². The number of carboxylic acid groups (broad SMARTS) is 2. The van der Waals surface area contributed by atoms with E-state index in [0.717, 1.165) is 5.56 Å². The highest BCUT2D eigenvalue weighted by molar-refractivity contribution is 7.98. The van der Waals surface area contributed by atoms with Gasteiger partial charge in [0.05, 0.1) is 12.1 Å². The van der Waals surface area contributed by atoms with Crippen LogP contribution < -0.4 is 21.7 Å². The van der Waals surface area contributed by atoms with Crippen LogP contribution in [0, 0.1) is 0 Å². The molecule has 0 saturated heterocycles. The van der Waals surface area contributed by atoms with Gasteiger partial charge in [0.25, 0.3) is 0 Å². The molecule has 5 unspecified atom stereocenters. The van der Waals surface area contributed by atoms with Crippen LogP contribution in [0.4, 0.5) is 0 Å². The molecule has 0 aliphatic carbocycles. The second-order valence-corrected chi connectivity index (χ2v) is 9.18. The largest absolute Gasteiger partial charge is 0.481 e. The van der Waals surface area contributed by atoms with Gasteiger partial charge in [-0.15, -0.1) is 0 Å². The van der Waals surface area contributed by atoms with Crippen LogP contribution in [0.5, 0.6) is 0 Å². The molecule has 1 aromatic rings. The lowest BCUT2D eigenvalue weighted by Gasteiger charge is -2.26. The molecule has 1 rings (SSSR count). The Morgan fingerprint density at radius 3 is 2.06 bits per heavy atom. The molecule has 0 fully saturated rings. The fourth-order valence-corrected chi connectivity index (χ4v) is 3.66. The summed E-state index contributed by atoms with van der Waals surface area (Å²) in [5.74, 6) is -4.59. The molecule has 200 valence electrons. The molecule has 13 heteroatoms. The molecule has 0 saturated carbocycles. The SMILES string of the molecule is CSCCC(NC(=O)C(NC(=O)C(CCC(=O)O)NC(=O)C(N)Cc1ccccc1)C(C)O)C(=O)O. The standard InChI is InChI=1S/C23H34N4O8S/c1-13(28)19(22(33)26-17(23(34)35)10-11-36-2)27-21(32)16(8-9-18(29)30)25-20(31)15(24)12-14-6-4-3-5-7-14/h3-7,13,15-17,19,28H,8-12,24H2,1-2H3,(H,25,31)(H,26,33)(H,27,32)(H,29,30)(H,34,35). The first-order valence-corrected chi connectivity index (χ1v) is 12.7. The topological polar surface area (TPSA) is 208 Å². The molecule has 0 aliphatic heterocycles. The number of rotatable bonds is 16. The summed E-state index contributed by atoms with van der Waals surface area (Å²) in [6.45, 7) is 1.23. The number of hydrogen-bond donors (Lipinski definition) is 7. The van der Waals surface area contributed by atoms with E-state index >= 15 is 0 Å². The van der Waals surface area contributed by atoms with E-state index in [0.29, 0.717) is 5.75 Å². The Morgan fingerprint density at radius 2 is 1.53 bits per heavy atom. The number of aliphatic hydroxyl groups is 1. The van der Waals surface area contributed by atoms with Crippen molar-refractivity contribution in [2.24, 2.45) is 5.73 Å². The molecule has 36 heavy (non-hydrogen) atoms. The number of nitrogens with one attached hydrogen (secondary N) is 3. The predicted molar refractivity (Wildman–Crippen MR) is 133 cm³/mol. The van der Waals surface area contributed by atoms with E-state index in [-0.39, 0.29) is 19.3 Å². The molecule has 8 N–H and O–H groups in total. The highest BCUT2D eigenvalue weighted by Crippen LogP contribution is 2.06. The average molecular weight is 527 g/mol. The number of hydrogen-bond acceptors (Lipinski definition) is 8. The Hall–Kier alpha value is -3.16. The molecule has 0 spiro atoms. The number of carbonyl (C=O) groups excluding carboxylic acids is 3. The van der Waals surface area contributed by atoms with Gasteiger partial charge in [0.1, 0.15) is 18.1 Å². The lowest BCUT2D eigenvalue weighted by molar-refractivity contribution is -0.143. The van der Waals surface area contributed by atoms with Gasteiger partial charge in [0.2, 0.25) is 17.7 Å². The van der Waals surface area contributed by atoms with Crippen LogP contribution in [0.3, 0.4) is 0 Å². The van der Waals surface area contributed by atoms with Crippen molar-refractivity contribution >= 4 is 41.4 Å². The van der Waals surface area contributed by atoms with Crippen LogP contribution >= 0.6 is 11.8 Å². The highest BCUT2D eigenvalue weighted by Gasteiger charge is 2.32. The molecule has 12 nitrogen and oxygen atoms in total. The zero-order chi connectivity index (χ0) is 27.3. The minimum Gasteiger partial charge on any atom is -0.481 e.